The zero-order chi connectivity index (χ0) is 29.0. The largest absolute Gasteiger partial charge is 0.463 e. The van der Waals surface area contributed by atoms with Crippen LogP contribution in [0.2, 0.25) is 0 Å². The molecule has 0 aliphatic carbocycles. The molecule has 0 spiro atoms. The van der Waals surface area contributed by atoms with Gasteiger partial charge in [-0.1, -0.05) is 50.2 Å². The summed E-state index contributed by atoms with van der Waals surface area (Å²) in [6.07, 6.45) is -1.73. The first-order valence-electron chi connectivity index (χ1n) is 12.4. The lowest BCUT2D eigenvalue weighted by atomic mass is 9.93. The van der Waals surface area contributed by atoms with Gasteiger partial charge >= 0.3 is 18.2 Å². The van der Waals surface area contributed by atoms with Crippen molar-refractivity contribution >= 4 is 17.7 Å². The van der Waals surface area contributed by atoms with Crippen LogP contribution in [0, 0.1) is 5.92 Å². The predicted molar refractivity (Wildman–Crippen MR) is 141 cm³/mol. The normalized spacial score (nSPS) is 12.7. The number of anilines is 1. The maximum absolute atomic E-state index is 13.5. The minimum atomic E-state index is -4.41. The third kappa shape index (κ3) is 7.78. The molecule has 0 aliphatic rings. The number of halogens is 3. The Labute approximate surface area is 226 Å². The zero-order valence-electron chi connectivity index (χ0n) is 22.7. The first kappa shape index (κ1) is 29.6. The van der Waals surface area contributed by atoms with Gasteiger partial charge < -0.3 is 9.47 Å². The number of esters is 1. The van der Waals surface area contributed by atoms with Crippen molar-refractivity contribution in [1.29, 1.82) is 0 Å². The summed E-state index contributed by atoms with van der Waals surface area (Å²) in [5.74, 6) is -0.681. The molecule has 0 saturated heterocycles. The lowest BCUT2D eigenvalue weighted by Crippen LogP contribution is -2.40. The van der Waals surface area contributed by atoms with Crippen LogP contribution in [0.1, 0.15) is 68.8 Å². The van der Waals surface area contributed by atoms with Gasteiger partial charge in [-0.2, -0.15) is 13.2 Å². The number of alkyl halides is 3. The van der Waals surface area contributed by atoms with Gasteiger partial charge in [-0.15, -0.1) is 0 Å². The SMILES string of the molecule is COC(=O)c1ncc(N(C(=O)OC(C)(C)C)C(CC(C)C)c2ccc(-c3ccc(C(F)(F)F)cc3)cc2)cn1. The lowest BCUT2D eigenvalue weighted by Gasteiger charge is -2.34. The predicted octanol–water partition coefficient (Wildman–Crippen LogP) is 7.48. The Bertz CT molecular complexity index is 1270. The molecule has 1 unspecified atom stereocenters. The molecule has 1 amide bonds. The first-order chi connectivity index (χ1) is 18.2. The summed E-state index contributed by atoms with van der Waals surface area (Å²) in [6, 6.07) is 11.7. The number of hydrogen-bond acceptors (Lipinski definition) is 6. The van der Waals surface area contributed by atoms with Crippen molar-refractivity contribution in [2.24, 2.45) is 5.92 Å². The van der Waals surface area contributed by atoms with Gasteiger partial charge in [-0.05, 0) is 61.9 Å². The van der Waals surface area contributed by atoms with Crippen molar-refractivity contribution < 1.29 is 32.2 Å². The molecule has 3 aromatic rings. The number of aromatic nitrogens is 2. The molecule has 0 radical (unpaired) electrons. The number of methoxy groups -OCH3 is 1. The molecule has 1 atom stereocenters. The second-order valence-corrected chi connectivity index (χ2v) is 10.4. The number of rotatable bonds is 7. The number of benzene rings is 2. The van der Waals surface area contributed by atoms with Crippen LogP contribution in [0.25, 0.3) is 11.1 Å². The van der Waals surface area contributed by atoms with E-state index in [0.717, 1.165) is 23.3 Å². The Kier molecular flexibility index (Phi) is 8.99. The molecule has 7 nitrogen and oxygen atoms in total. The van der Waals surface area contributed by atoms with E-state index in [0.29, 0.717) is 17.7 Å². The average Bonchev–Trinajstić information content (AvgIpc) is 2.86. The van der Waals surface area contributed by atoms with E-state index in [-0.39, 0.29) is 11.7 Å². The van der Waals surface area contributed by atoms with Crippen molar-refractivity contribution in [3.63, 3.8) is 0 Å². The molecule has 0 bridgehead atoms. The topological polar surface area (TPSA) is 81.6 Å². The number of amides is 1. The van der Waals surface area contributed by atoms with Gasteiger partial charge in [0.25, 0.3) is 0 Å². The van der Waals surface area contributed by atoms with Crippen molar-refractivity contribution in [1.82, 2.24) is 9.97 Å². The molecular weight excluding hydrogens is 511 g/mol. The van der Waals surface area contributed by atoms with Crippen LogP contribution < -0.4 is 4.90 Å². The van der Waals surface area contributed by atoms with Crippen LogP contribution >= 0.6 is 0 Å². The first-order valence-corrected chi connectivity index (χ1v) is 12.4. The summed E-state index contributed by atoms with van der Waals surface area (Å²) in [6.45, 7) is 9.32. The Hall–Kier alpha value is -3.95. The lowest BCUT2D eigenvalue weighted by molar-refractivity contribution is -0.137. The Morgan fingerprint density at radius 3 is 1.85 bits per heavy atom. The Balaban J connectivity index is 2.02. The standard InChI is InChI=1S/C29H32F3N3O4/c1-18(2)15-24(21-9-7-19(8-10-21)20-11-13-22(14-12-20)29(30,31)32)35(27(37)39-28(3,4)5)23-16-33-25(34-17-23)26(36)38-6/h7-14,16-18,24H,15H2,1-6H3. The molecule has 2 aromatic carbocycles. The van der Waals surface area contributed by atoms with Crippen LogP contribution in [0.5, 0.6) is 0 Å². The minimum Gasteiger partial charge on any atom is -0.463 e. The minimum absolute atomic E-state index is 0.147. The average molecular weight is 544 g/mol. The van der Waals surface area contributed by atoms with E-state index < -0.39 is 35.4 Å². The van der Waals surface area contributed by atoms with E-state index in [2.05, 4.69) is 14.7 Å². The number of nitrogens with zero attached hydrogens (tertiary/aromatic N) is 3. The third-order valence-electron chi connectivity index (χ3n) is 5.72. The summed E-state index contributed by atoms with van der Waals surface area (Å²) < 4.78 is 49.3. The highest BCUT2D eigenvalue weighted by molar-refractivity contribution is 5.89. The molecule has 208 valence electrons. The van der Waals surface area contributed by atoms with E-state index in [1.165, 1.54) is 36.5 Å². The van der Waals surface area contributed by atoms with Crippen LogP contribution in [0.3, 0.4) is 0 Å². The second-order valence-electron chi connectivity index (χ2n) is 10.4. The van der Waals surface area contributed by atoms with E-state index in [4.69, 9.17) is 4.74 Å². The third-order valence-corrected chi connectivity index (χ3v) is 5.72. The number of carbonyl (C=O) groups is 2. The summed E-state index contributed by atoms with van der Waals surface area (Å²) in [5.41, 5.74) is 0.970. The van der Waals surface area contributed by atoms with Crippen LogP contribution in [-0.4, -0.2) is 34.7 Å². The zero-order valence-corrected chi connectivity index (χ0v) is 22.7. The van der Waals surface area contributed by atoms with Crippen molar-refractivity contribution in [2.75, 3.05) is 12.0 Å². The van der Waals surface area contributed by atoms with Crippen molar-refractivity contribution in [3.05, 3.63) is 77.9 Å². The monoisotopic (exact) mass is 543 g/mol. The fraction of sp³-hybridized carbons (Fsp3) is 0.379. The van der Waals surface area contributed by atoms with Gasteiger partial charge in [0.15, 0.2) is 0 Å². The maximum Gasteiger partial charge on any atom is 0.416 e. The maximum atomic E-state index is 13.5. The number of ether oxygens (including phenoxy) is 2. The molecule has 0 N–H and O–H groups in total. The van der Waals surface area contributed by atoms with E-state index in [1.54, 1.807) is 32.9 Å². The molecule has 39 heavy (non-hydrogen) atoms. The summed E-state index contributed by atoms with van der Waals surface area (Å²) >= 11 is 0. The van der Waals surface area contributed by atoms with Gasteiger partial charge in [0.1, 0.15) is 5.60 Å². The fourth-order valence-corrected chi connectivity index (χ4v) is 3.95. The van der Waals surface area contributed by atoms with Gasteiger partial charge in [-0.3, -0.25) is 4.90 Å². The molecular formula is C29H32F3N3O4. The molecule has 0 aliphatic heterocycles. The van der Waals surface area contributed by atoms with Crippen molar-refractivity contribution in [2.45, 2.75) is 58.9 Å². The highest BCUT2D eigenvalue weighted by Crippen LogP contribution is 2.35. The molecule has 0 saturated carbocycles. The fourth-order valence-electron chi connectivity index (χ4n) is 3.95. The molecule has 1 heterocycles. The smallest absolute Gasteiger partial charge is 0.416 e. The van der Waals surface area contributed by atoms with Crippen molar-refractivity contribution in [3.8, 4) is 11.1 Å². The van der Waals surface area contributed by atoms with E-state index >= 15 is 0 Å². The summed E-state index contributed by atoms with van der Waals surface area (Å²) in [4.78, 5) is 34.9. The molecule has 1 aromatic heterocycles. The number of hydrogen-bond donors (Lipinski definition) is 0. The Morgan fingerprint density at radius 1 is 0.897 bits per heavy atom. The summed E-state index contributed by atoms with van der Waals surface area (Å²) in [7, 11) is 1.22. The summed E-state index contributed by atoms with van der Waals surface area (Å²) in [5, 5.41) is 0. The second kappa shape index (κ2) is 11.8. The molecule has 10 heteroatoms. The van der Waals surface area contributed by atoms with Gasteiger partial charge in [0.2, 0.25) is 5.82 Å². The quantitative estimate of drug-likeness (QED) is 0.288. The van der Waals surface area contributed by atoms with Crippen LogP contribution in [0.4, 0.5) is 23.7 Å². The molecule has 3 rings (SSSR count). The van der Waals surface area contributed by atoms with E-state index in [1.807, 2.05) is 26.0 Å². The van der Waals surface area contributed by atoms with Gasteiger partial charge in [-0.25, -0.2) is 19.6 Å². The molecule has 0 fully saturated rings. The van der Waals surface area contributed by atoms with Crippen LogP contribution in [0.15, 0.2) is 60.9 Å². The number of carbonyl (C=O) groups excluding carboxylic acids is 2. The Morgan fingerprint density at radius 2 is 1.41 bits per heavy atom. The van der Waals surface area contributed by atoms with Gasteiger partial charge in [0, 0.05) is 0 Å². The van der Waals surface area contributed by atoms with E-state index in [9.17, 15) is 22.8 Å². The van der Waals surface area contributed by atoms with Crippen LogP contribution in [-0.2, 0) is 15.7 Å². The van der Waals surface area contributed by atoms with Gasteiger partial charge in [0.05, 0.1) is 36.8 Å². The highest BCUT2D eigenvalue weighted by Gasteiger charge is 2.33. The highest BCUT2D eigenvalue weighted by atomic mass is 19.4.